The number of H-pyrrole nitrogens is 1. The minimum atomic E-state index is -0.144. The van der Waals surface area contributed by atoms with Crippen molar-refractivity contribution in [1.29, 1.82) is 0 Å². The zero-order chi connectivity index (χ0) is 23.5. The molecule has 0 fully saturated rings. The first-order valence-corrected chi connectivity index (χ1v) is 11.6. The molecule has 3 rings (SSSR count). The summed E-state index contributed by atoms with van der Waals surface area (Å²) in [6.45, 7) is 4.74. The lowest BCUT2D eigenvalue weighted by atomic mass is 10.0. The van der Waals surface area contributed by atoms with Gasteiger partial charge in [-0.05, 0) is 50.0 Å². The number of carbonyl (C=O) groups is 1. The van der Waals surface area contributed by atoms with Crippen LogP contribution < -0.4 is 4.74 Å². The van der Waals surface area contributed by atoms with Gasteiger partial charge in [0.25, 0.3) is 0 Å². The van der Waals surface area contributed by atoms with E-state index in [9.17, 15) is 9.90 Å². The van der Waals surface area contributed by atoms with Crippen molar-refractivity contribution in [1.82, 2.24) is 40.8 Å². The van der Waals surface area contributed by atoms with E-state index in [0.717, 1.165) is 62.8 Å². The highest BCUT2D eigenvalue weighted by Gasteiger charge is 2.15. The molecule has 0 radical (unpaired) electrons. The van der Waals surface area contributed by atoms with Gasteiger partial charge in [0, 0.05) is 18.4 Å². The van der Waals surface area contributed by atoms with Gasteiger partial charge in [0.15, 0.2) is 17.4 Å². The Labute approximate surface area is 192 Å². The van der Waals surface area contributed by atoms with E-state index in [1.165, 1.54) is 6.92 Å². The number of carbonyl (C=O) groups excluding carboxylic acids is 1. The highest BCUT2D eigenvalue weighted by Crippen LogP contribution is 2.33. The van der Waals surface area contributed by atoms with Gasteiger partial charge < -0.3 is 9.84 Å². The Kier molecular flexibility index (Phi) is 9.28. The molecule has 0 amide bonds. The molecule has 0 unspecified atom stereocenters. The van der Waals surface area contributed by atoms with Crippen LogP contribution in [-0.2, 0) is 25.8 Å². The summed E-state index contributed by atoms with van der Waals surface area (Å²) in [7, 11) is 0. The Morgan fingerprint density at radius 1 is 1.06 bits per heavy atom. The normalized spacial score (nSPS) is 11.1. The van der Waals surface area contributed by atoms with Gasteiger partial charge in [-0.3, -0.25) is 4.79 Å². The number of Topliss-reactive ketones (excluding diaryl/α,β-unsaturated/α-hetero) is 1. The van der Waals surface area contributed by atoms with E-state index in [2.05, 4.69) is 36.0 Å². The number of tetrazole rings is 2. The number of aromatic nitrogens is 8. The highest BCUT2D eigenvalue weighted by molar-refractivity contribution is 5.97. The Hall–Kier alpha value is -3.37. The first-order valence-electron chi connectivity index (χ1n) is 11.6. The summed E-state index contributed by atoms with van der Waals surface area (Å²) < 4.78 is 5.91. The summed E-state index contributed by atoms with van der Waals surface area (Å²) in [4.78, 5) is 13.3. The van der Waals surface area contributed by atoms with Gasteiger partial charge in [-0.25, -0.2) is 0 Å². The van der Waals surface area contributed by atoms with E-state index in [1.54, 1.807) is 16.9 Å². The molecule has 0 aliphatic carbocycles. The zero-order valence-electron chi connectivity index (χ0n) is 19.3. The number of aromatic hydroxyl groups is 1. The summed E-state index contributed by atoms with van der Waals surface area (Å²) in [5.41, 5.74) is 1.07. The summed E-state index contributed by atoms with van der Waals surface area (Å²) in [5.74, 6) is 2.02. The molecule has 2 aromatic heterocycles. The van der Waals surface area contributed by atoms with Crippen LogP contribution >= 0.6 is 0 Å². The Bertz CT molecular complexity index is 1000. The fourth-order valence-electron chi connectivity index (χ4n) is 3.59. The summed E-state index contributed by atoms with van der Waals surface area (Å²) in [6.07, 6.45) is 7.86. The maximum atomic E-state index is 11.7. The molecule has 3 aromatic rings. The van der Waals surface area contributed by atoms with Gasteiger partial charge in [-0.15, -0.1) is 20.4 Å². The smallest absolute Gasteiger partial charge is 0.174 e. The third-order valence-corrected chi connectivity index (χ3v) is 5.31. The molecule has 0 atom stereocenters. The molecule has 0 saturated heterocycles. The zero-order valence-corrected chi connectivity index (χ0v) is 19.3. The fraction of sp³-hybridized carbons (Fsp3) is 0.591. The molecule has 2 heterocycles. The monoisotopic (exact) mass is 456 g/mol. The van der Waals surface area contributed by atoms with Crippen LogP contribution in [0.4, 0.5) is 0 Å². The van der Waals surface area contributed by atoms with E-state index in [1.807, 2.05) is 6.92 Å². The Balaban J connectivity index is 1.32. The number of phenols is 1. The second-order valence-corrected chi connectivity index (χ2v) is 7.99. The van der Waals surface area contributed by atoms with Crippen LogP contribution in [0.25, 0.3) is 0 Å². The number of nitrogens with one attached hydrogen (secondary N) is 1. The molecule has 33 heavy (non-hydrogen) atoms. The lowest BCUT2D eigenvalue weighted by Crippen LogP contribution is -2.05. The summed E-state index contributed by atoms with van der Waals surface area (Å²) in [6, 6.07) is 3.43. The predicted molar refractivity (Wildman–Crippen MR) is 120 cm³/mol. The number of phenolic OH excluding ortho intramolecular Hbond substituents is 1. The molecule has 0 aliphatic rings. The fourth-order valence-corrected chi connectivity index (χ4v) is 3.59. The largest absolute Gasteiger partial charge is 0.507 e. The van der Waals surface area contributed by atoms with Crippen LogP contribution in [-0.4, -0.2) is 58.3 Å². The van der Waals surface area contributed by atoms with Crippen molar-refractivity contribution >= 4 is 5.78 Å². The lowest BCUT2D eigenvalue weighted by Gasteiger charge is -2.14. The number of ether oxygens (including phenoxy) is 1. The number of benzene rings is 1. The van der Waals surface area contributed by atoms with E-state index in [-0.39, 0.29) is 11.5 Å². The number of aromatic amines is 1. The van der Waals surface area contributed by atoms with Crippen LogP contribution in [0.15, 0.2) is 12.1 Å². The summed E-state index contributed by atoms with van der Waals surface area (Å²) >= 11 is 0. The molecular weight excluding hydrogens is 424 g/mol. The van der Waals surface area contributed by atoms with Crippen molar-refractivity contribution in [3.05, 3.63) is 34.9 Å². The first kappa shape index (κ1) is 24.3. The molecule has 0 aliphatic heterocycles. The van der Waals surface area contributed by atoms with Gasteiger partial charge in [0.05, 0.1) is 18.7 Å². The van der Waals surface area contributed by atoms with Gasteiger partial charge in [0.2, 0.25) is 0 Å². The van der Waals surface area contributed by atoms with Crippen molar-refractivity contribution in [2.45, 2.75) is 78.2 Å². The highest BCUT2D eigenvalue weighted by atomic mass is 16.5. The molecule has 0 spiro atoms. The Morgan fingerprint density at radius 2 is 1.88 bits per heavy atom. The van der Waals surface area contributed by atoms with Crippen molar-refractivity contribution < 1.29 is 14.6 Å². The molecule has 11 nitrogen and oxygen atoms in total. The summed E-state index contributed by atoms with van der Waals surface area (Å²) in [5, 5.41) is 36.9. The van der Waals surface area contributed by atoms with Crippen LogP contribution in [0.2, 0.25) is 0 Å². The van der Waals surface area contributed by atoms with Crippen LogP contribution in [0.3, 0.4) is 0 Å². The number of aryl methyl sites for hydroxylation is 3. The molecule has 0 saturated carbocycles. The maximum Gasteiger partial charge on any atom is 0.174 e. The number of rotatable bonds is 15. The molecular formula is C22H32N8O3. The van der Waals surface area contributed by atoms with E-state index < -0.39 is 0 Å². The molecule has 178 valence electrons. The number of ketones is 1. The van der Waals surface area contributed by atoms with Gasteiger partial charge in [0.1, 0.15) is 11.5 Å². The number of hydrogen-bond acceptors (Lipinski definition) is 9. The van der Waals surface area contributed by atoms with Crippen molar-refractivity contribution in [2.75, 3.05) is 6.61 Å². The quantitative estimate of drug-likeness (QED) is 0.260. The third kappa shape index (κ3) is 7.33. The second kappa shape index (κ2) is 12.6. The molecule has 11 heteroatoms. The topological polar surface area (TPSA) is 145 Å². The molecule has 2 N–H and O–H groups in total. The SMILES string of the molecule is CCCc1c(OCCCCCCc2nnn(CCCc3nn[nH]n3)n2)ccc(C(C)=O)c1O. The average Bonchev–Trinajstić information content (AvgIpc) is 3.47. The number of hydrogen-bond donors (Lipinski definition) is 2. The van der Waals surface area contributed by atoms with Gasteiger partial charge in [-0.1, -0.05) is 31.4 Å². The number of nitrogens with zero attached hydrogens (tertiary/aromatic N) is 7. The maximum absolute atomic E-state index is 11.7. The van der Waals surface area contributed by atoms with Crippen molar-refractivity contribution in [3.63, 3.8) is 0 Å². The number of unbranched alkanes of at least 4 members (excludes halogenated alkanes) is 3. The molecule has 1 aromatic carbocycles. The van der Waals surface area contributed by atoms with Crippen molar-refractivity contribution in [2.24, 2.45) is 0 Å². The van der Waals surface area contributed by atoms with E-state index in [0.29, 0.717) is 36.7 Å². The third-order valence-electron chi connectivity index (χ3n) is 5.31. The standard InChI is InChI=1S/C22H32N8O3/c1-3-9-18-19(13-12-17(16(2)31)22(18)32)33-15-7-5-4-6-10-21-25-29-30(26-21)14-8-11-20-23-27-28-24-20/h12-13,32H,3-11,14-15H2,1-2H3,(H,23,24,27,28). The first-order chi connectivity index (χ1) is 16.1. The van der Waals surface area contributed by atoms with Crippen LogP contribution in [0, 0.1) is 0 Å². The van der Waals surface area contributed by atoms with Crippen LogP contribution in [0.5, 0.6) is 11.5 Å². The van der Waals surface area contributed by atoms with Gasteiger partial charge in [-0.2, -0.15) is 10.0 Å². The van der Waals surface area contributed by atoms with Crippen LogP contribution in [0.1, 0.15) is 79.9 Å². The second-order valence-electron chi connectivity index (χ2n) is 7.99. The minimum absolute atomic E-state index is 0.0530. The minimum Gasteiger partial charge on any atom is -0.507 e. The van der Waals surface area contributed by atoms with E-state index in [4.69, 9.17) is 4.74 Å². The Morgan fingerprint density at radius 3 is 2.64 bits per heavy atom. The van der Waals surface area contributed by atoms with Gasteiger partial charge >= 0.3 is 0 Å². The lowest BCUT2D eigenvalue weighted by molar-refractivity contribution is 0.101. The van der Waals surface area contributed by atoms with E-state index >= 15 is 0 Å². The molecule has 0 bridgehead atoms. The van der Waals surface area contributed by atoms with Crippen molar-refractivity contribution in [3.8, 4) is 11.5 Å². The average molecular weight is 457 g/mol. The predicted octanol–water partition coefficient (Wildman–Crippen LogP) is 2.86.